The Hall–Kier alpha value is -2.52. The molecule has 0 unspecified atom stereocenters. The Morgan fingerprint density at radius 2 is 1.87 bits per heavy atom. The Balaban J connectivity index is 1.59. The van der Waals surface area contributed by atoms with Gasteiger partial charge in [0.05, 0.1) is 5.69 Å². The molecule has 9 heteroatoms. The topological polar surface area (TPSA) is 91.4 Å². The fourth-order valence-electron chi connectivity index (χ4n) is 4.07. The van der Waals surface area contributed by atoms with Crippen LogP contribution in [0.1, 0.15) is 31.4 Å². The molecule has 1 fully saturated rings. The summed E-state index contributed by atoms with van der Waals surface area (Å²) in [5, 5.41) is 2.08. The summed E-state index contributed by atoms with van der Waals surface area (Å²) in [4.78, 5) is 18.6. The van der Waals surface area contributed by atoms with Gasteiger partial charge in [-0.2, -0.15) is 0 Å². The number of aromatic nitrogens is 1. The third-order valence-corrected chi connectivity index (χ3v) is 7.50. The van der Waals surface area contributed by atoms with Gasteiger partial charge >= 0.3 is 6.03 Å². The number of amides is 2. The van der Waals surface area contributed by atoms with E-state index in [-0.39, 0.29) is 11.9 Å². The Bertz CT molecular complexity index is 1070. The van der Waals surface area contributed by atoms with Crippen LogP contribution in [0, 0.1) is 5.82 Å². The van der Waals surface area contributed by atoms with Crippen LogP contribution in [0.15, 0.2) is 30.6 Å². The predicted octanol–water partition coefficient (Wildman–Crippen LogP) is 2.92. The van der Waals surface area contributed by atoms with Gasteiger partial charge < -0.3 is 5.32 Å². The lowest BCUT2D eigenvalue weighted by atomic mass is 9.97. The highest BCUT2D eigenvalue weighted by Gasteiger charge is 2.39. The minimum atomic E-state index is -3.80. The molecule has 1 aliphatic carbocycles. The molecule has 1 aromatic heterocycles. The van der Waals surface area contributed by atoms with E-state index in [1.54, 1.807) is 24.5 Å². The number of carbonyl (C=O) groups excluding carboxylic acids is 1. The maximum atomic E-state index is 14.6. The molecule has 1 saturated heterocycles. The molecule has 0 radical (unpaired) electrons. The molecular formula is C21H25FN4O3S. The van der Waals surface area contributed by atoms with E-state index >= 15 is 0 Å². The van der Waals surface area contributed by atoms with Crippen molar-refractivity contribution >= 4 is 21.7 Å². The second kappa shape index (κ2) is 7.96. The largest absolute Gasteiger partial charge is 0.332 e. The van der Waals surface area contributed by atoms with Gasteiger partial charge in [-0.15, -0.1) is 0 Å². The van der Waals surface area contributed by atoms with Gasteiger partial charge in [0.15, 0.2) is 0 Å². The molecule has 1 aliphatic heterocycles. The first-order valence-corrected chi connectivity index (χ1v) is 11.6. The van der Waals surface area contributed by atoms with E-state index in [0.29, 0.717) is 48.3 Å². The molecule has 7 nitrogen and oxygen atoms in total. The quantitative estimate of drug-likeness (QED) is 0.758. The van der Waals surface area contributed by atoms with E-state index in [0.717, 1.165) is 12.0 Å². The number of hydrogen-bond acceptors (Lipinski definition) is 5. The first kappa shape index (κ1) is 20.7. The highest BCUT2D eigenvalue weighted by molar-refractivity contribution is 7.90. The van der Waals surface area contributed by atoms with Gasteiger partial charge in [-0.3, -0.25) is 9.88 Å². The number of nitrogens with one attached hydrogen (secondary N) is 2. The number of likely N-dealkylation sites (tertiary alicyclic amines) is 1. The van der Waals surface area contributed by atoms with E-state index in [4.69, 9.17) is 0 Å². The number of hydrogen-bond donors (Lipinski definition) is 2. The van der Waals surface area contributed by atoms with Crippen molar-refractivity contribution in [2.75, 3.05) is 18.4 Å². The van der Waals surface area contributed by atoms with Crippen molar-refractivity contribution in [3.8, 4) is 11.1 Å². The van der Waals surface area contributed by atoms with Crippen molar-refractivity contribution in [3.63, 3.8) is 0 Å². The van der Waals surface area contributed by atoms with Gasteiger partial charge in [-0.05, 0) is 68.0 Å². The molecule has 0 bridgehead atoms. The number of benzene rings is 1. The van der Waals surface area contributed by atoms with Crippen LogP contribution in [-0.4, -0.2) is 48.7 Å². The summed E-state index contributed by atoms with van der Waals surface area (Å²) >= 11 is 0. The third kappa shape index (κ3) is 3.91. The molecule has 2 aromatic rings. The molecule has 2 heterocycles. The van der Waals surface area contributed by atoms with Crippen LogP contribution >= 0.6 is 0 Å². The second-order valence-corrected chi connectivity index (χ2v) is 10.1. The molecule has 2 aliphatic rings. The SMILES string of the molecule is CC(C)N1CC(S(=O)(=O)NC(=O)Nc2c(-c3ccncc3)cc(F)c3c2CCC3)C1. The third-order valence-electron chi connectivity index (χ3n) is 5.86. The van der Waals surface area contributed by atoms with E-state index < -0.39 is 21.3 Å². The number of nitrogens with zero attached hydrogens (tertiary/aromatic N) is 2. The molecular weight excluding hydrogens is 407 g/mol. The summed E-state index contributed by atoms with van der Waals surface area (Å²) in [5.74, 6) is -0.309. The molecule has 1 aromatic carbocycles. The van der Waals surface area contributed by atoms with Gasteiger partial charge in [0.25, 0.3) is 0 Å². The minimum Gasteiger partial charge on any atom is -0.306 e. The summed E-state index contributed by atoms with van der Waals surface area (Å²) in [6.07, 6.45) is 5.18. The van der Waals surface area contributed by atoms with Crippen molar-refractivity contribution in [1.82, 2.24) is 14.6 Å². The van der Waals surface area contributed by atoms with Crippen LogP contribution in [0.4, 0.5) is 14.9 Å². The van der Waals surface area contributed by atoms with Crippen LogP contribution in [-0.2, 0) is 22.9 Å². The van der Waals surface area contributed by atoms with Gasteiger partial charge in [0.1, 0.15) is 11.1 Å². The molecule has 0 spiro atoms. The van der Waals surface area contributed by atoms with Crippen molar-refractivity contribution < 1.29 is 17.6 Å². The number of anilines is 1. The molecule has 0 saturated carbocycles. The van der Waals surface area contributed by atoms with Crippen molar-refractivity contribution in [3.05, 3.63) is 47.5 Å². The number of halogens is 1. The summed E-state index contributed by atoms with van der Waals surface area (Å²) in [5.41, 5.74) is 2.97. The van der Waals surface area contributed by atoms with E-state index in [2.05, 4.69) is 15.0 Å². The lowest BCUT2D eigenvalue weighted by Crippen LogP contribution is -2.60. The van der Waals surface area contributed by atoms with Gasteiger partial charge in [-0.1, -0.05) is 0 Å². The van der Waals surface area contributed by atoms with Crippen LogP contribution in [0.3, 0.4) is 0 Å². The number of rotatable bonds is 5. The number of sulfonamides is 1. The first-order valence-electron chi connectivity index (χ1n) is 10.1. The second-order valence-electron chi connectivity index (χ2n) is 8.10. The number of pyridine rings is 1. The smallest absolute Gasteiger partial charge is 0.306 e. The van der Waals surface area contributed by atoms with Crippen LogP contribution in [0.2, 0.25) is 0 Å². The highest BCUT2D eigenvalue weighted by atomic mass is 32.2. The van der Waals surface area contributed by atoms with Crippen LogP contribution in [0.25, 0.3) is 11.1 Å². The molecule has 2 N–H and O–H groups in total. The number of urea groups is 1. The molecule has 160 valence electrons. The zero-order valence-electron chi connectivity index (χ0n) is 17.0. The Labute approximate surface area is 175 Å². The molecule has 4 rings (SSSR count). The van der Waals surface area contributed by atoms with E-state index in [1.165, 1.54) is 6.07 Å². The summed E-state index contributed by atoms with van der Waals surface area (Å²) < 4.78 is 41.9. The molecule has 30 heavy (non-hydrogen) atoms. The standard InChI is InChI=1S/C21H25FN4O3S/c1-13(2)26-11-15(12-26)30(28,29)25-21(27)24-20-17-5-3-4-16(17)19(22)10-18(20)14-6-8-23-9-7-14/h6-10,13,15H,3-5,11-12H2,1-2H3,(H2,24,25,27). The lowest BCUT2D eigenvalue weighted by molar-refractivity contribution is 0.141. The fraction of sp³-hybridized carbons (Fsp3) is 0.429. The van der Waals surface area contributed by atoms with Crippen molar-refractivity contribution in [1.29, 1.82) is 0 Å². The van der Waals surface area contributed by atoms with Crippen molar-refractivity contribution in [2.24, 2.45) is 0 Å². The normalized spacial score (nSPS) is 16.9. The Kier molecular flexibility index (Phi) is 5.50. The first-order chi connectivity index (χ1) is 14.3. The average molecular weight is 433 g/mol. The minimum absolute atomic E-state index is 0.259. The highest BCUT2D eigenvalue weighted by Crippen LogP contribution is 2.39. The zero-order chi connectivity index (χ0) is 21.5. The number of carbonyl (C=O) groups is 1. The van der Waals surface area contributed by atoms with E-state index in [9.17, 15) is 17.6 Å². The van der Waals surface area contributed by atoms with Crippen molar-refractivity contribution in [2.45, 2.75) is 44.4 Å². The maximum absolute atomic E-state index is 14.6. The molecule has 2 amide bonds. The monoisotopic (exact) mass is 432 g/mol. The van der Waals surface area contributed by atoms with Crippen LogP contribution in [0.5, 0.6) is 0 Å². The Morgan fingerprint density at radius 3 is 2.53 bits per heavy atom. The summed E-state index contributed by atoms with van der Waals surface area (Å²) in [7, 11) is -3.80. The lowest BCUT2D eigenvalue weighted by Gasteiger charge is -2.41. The zero-order valence-corrected chi connectivity index (χ0v) is 17.8. The van der Waals surface area contributed by atoms with Crippen LogP contribution < -0.4 is 10.0 Å². The summed E-state index contributed by atoms with van der Waals surface area (Å²) in [6.45, 7) is 4.79. The summed E-state index contributed by atoms with van der Waals surface area (Å²) in [6, 6.07) is 4.29. The van der Waals surface area contributed by atoms with Gasteiger partial charge in [0, 0.05) is 37.1 Å². The van der Waals surface area contributed by atoms with E-state index in [1.807, 2.05) is 18.7 Å². The maximum Gasteiger partial charge on any atom is 0.332 e. The average Bonchev–Trinajstić information content (AvgIpc) is 3.13. The number of fused-ring (bicyclic) bond motifs is 1. The van der Waals surface area contributed by atoms with Gasteiger partial charge in [-0.25, -0.2) is 22.3 Å². The molecule has 0 atom stereocenters. The fourth-order valence-corrected chi connectivity index (χ4v) is 5.32. The predicted molar refractivity (Wildman–Crippen MR) is 113 cm³/mol. The van der Waals surface area contributed by atoms with Gasteiger partial charge in [0.2, 0.25) is 10.0 Å². The Morgan fingerprint density at radius 1 is 1.20 bits per heavy atom.